The summed E-state index contributed by atoms with van der Waals surface area (Å²) < 4.78 is 12.1. The Morgan fingerprint density at radius 3 is 2.48 bits per heavy atom. The van der Waals surface area contributed by atoms with Crippen molar-refractivity contribution >= 4 is 11.6 Å². The van der Waals surface area contributed by atoms with Crippen LogP contribution in [0, 0.1) is 0 Å². The second-order valence-electron chi connectivity index (χ2n) is 5.98. The van der Waals surface area contributed by atoms with Crippen LogP contribution in [0.2, 0.25) is 0 Å². The molecule has 2 aromatic carbocycles. The number of nitrogens with zero attached hydrogens (tertiary/aromatic N) is 4. The van der Waals surface area contributed by atoms with Crippen molar-refractivity contribution in [3.63, 3.8) is 0 Å². The van der Waals surface area contributed by atoms with E-state index >= 15 is 0 Å². The largest absolute Gasteiger partial charge is 0.497 e. The van der Waals surface area contributed by atoms with Gasteiger partial charge < -0.3 is 14.8 Å². The van der Waals surface area contributed by atoms with Crippen LogP contribution in [0.4, 0.5) is 5.69 Å². The van der Waals surface area contributed by atoms with Crippen LogP contribution in [0.25, 0.3) is 11.4 Å². The van der Waals surface area contributed by atoms with E-state index in [9.17, 15) is 4.79 Å². The normalized spacial score (nSPS) is 10.5. The van der Waals surface area contributed by atoms with Crippen LogP contribution in [0.3, 0.4) is 0 Å². The summed E-state index contributed by atoms with van der Waals surface area (Å²) in [5.41, 5.74) is 2.50. The molecule has 0 fully saturated rings. The number of hydrogen-bond acceptors (Lipinski definition) is 6. The fourth-order valence-corrected chi connectivity index (χ4v) is 2.70. The standard InChI is InChI=1S/C19H21N5O3/c1-24-19(21-22-23-24)14-5-4-6-15(11-14)20-18(25)8-7-13-9-16(26-2)12-17(10-13)27-3/h4-6,9-12H,7-8H2,1-3H3,(H,20,25). The van der Waals surface area contributed by atoms with Crippen LogP contribution < -0.4 is 14.8 Å². The summed E-state index contributed by atoms with van der Waals surface area (Å²) in [6, 6.07) is 13.0. The number of tetrazole rings is 1. The van der Waals surface area contributed by atoms with E-state index in [0.717, 1.165) is 11.1 Å². The van der Waals surface area contributed by atoms with Crippen LogP contribution in [0.5, 0.6) is 11.5 Å². The molecule has 0 bridgehead atoms. The zero-order valence-corrected chi connectivity index (χ0v) is 15.5. The molecule has 1 aromatic heterocycles. The Kier molecular flexibility index (Phi) is 5.65. The summed E-state index contributed by atoms with van der Waals surface area (Å²) in [6.45, 7) is 0. The quantitative estimate of drug-likeness (QED) is 0.690. The van der Waals surface area contributed by atoms with Crippen molar-refractivity contribution < 1.29 is 14.3 Å². The third kappa shape index (κ3) is 4.60. The van der Waals surface area contributed by atoms with Gasteiger partial charge in [-0.1, -0.05) is 12.1 Å². The summed E-state index contributed by atoms with van der Waals surface area (Å²) in [7, 11) is 4.97. The lowest BCUT2D eigenvalue weighted by Crippen LogP contribution is -2.12. The average Bonchev–Trinajstić information content (AvgIpc) is 3.12. The SMILES string of the molecule is COc1cc(CCC(=O)Nc2cccc(-c3nnnn3C)c2)cc(OC)c1. The second-order valence-corrected chi connectivity index (χ2v) is 5.98. The maximum absolute atomic E-state index is 12.3. The number of anilines is 1. The Bertz CT molecular complexity index is 916. The smallest absolute Gasteiger partial charge is 0.224 e. The van der Waals surface area contributed by atoms with Crippen molar-refractivity contribution in [1.29, 1.82) is 0 Å². The van der Waals surface area contributed by atoms with Crippen LogP contribution in [-0.4, -0.2) is 40.3 Å². The Labute approximate surface area is 157 Å². The number of carbonyl (C=O) groups excluding carboxylic acids is 1. The molecule has 0 aliphatic rings. The molecule has 0 radical (unpaired) electrons. The van der Waals surface area contributed by atoms with Gasteiger partial charge in [-0.3, -0.25) is 4.79 Å². The van der Waals surface area contributed by atoms with Gasteiger partial charge in [0.15, 0.2) is 5.82 Å². The Balaban J connectivity index is 1.64. The van der Waals surface area contributed by atoms with E-state index in [1.54, 1.807) is 32.0 Å². The van der Waals surface area contributed by atoms with E-state index in [4.69, 9.17) is 9.47 Å². The molecule has 3 aromatic rings. The number of hydrogen-bond donors (Lipinski definition) is 1. The van der Waals surface area contributed by atoms with Crippen molar-refractivity contribution in [1.82, 2.24) is 20.2 Å². The molecule has 1 N–H and O–H groups in total. The van der Waals surface area contributed by atoms with Crippen LogP contribution >= 0.6 is 0 Å². The lowest BCUT2D eigenvalue weighted by atomic mass is 10.1. The van der Waals surface area contributed by atoms with E-state index in [1.165, 1.54) is 0 Å². The van der Waals surface area contributed by atoms with Crippen LogP contribution in [0.1, 0.15) is 12.0 Å². The molecule has 0 saturated heterocycles. The molecule has 27 heavy (non-hydrogen) atoms. The van der Waals surface area contributed by atoms with E-state index in [1.807, 2.05) is 36.4 Å². The summed E-state index contributed by atoms with van der Waals surface area (Å²) in [4.78, 5) is 12.3. The molecule has 0 atom stereocenters. The van der Waals surface area contributed by atoms with Gasteiger partial charge in [-0.2, -0.15) is 0 Å². The summed E-state index contributed by atoms with van der Waals surface area (Å²) in [5, 5.41) is 14.3. The first-order chi connectivity index (χ1) is 13.1. The number of amides is 1. The fourth-order valence-electron chi connectivity index (χ4n) is 2.70. The molecule has 8 nitrogen and oxygen atoms in total. The molecule has 140 valence electrons. The highest BCUT2D eigenvalue weighted by atomic mass is 16.5. The van der Waals surface area contributed by atoms with E-state index in [2.05, 4.69) is 20.8 Å². The lowest BCUT2D eigenvalue weighted by Gasteiger charge is -2.09. The predicted molar refractivity (Wildman–Crippen MR) is 101 cm³/mol. The molecule has 0 unspecified atom stereocenters. The van der Waals surface area contributed by atoms with Gasteiger partial charge in [0.05, 0.1) is 14.2 Å². The second kappa shape index (κ2) is 8.31. The maximum Gasteiger partial charge on any atom is 0.224 e. The van der Waals surface area contributed by atoms with Crippen LogP contribution in [0.15, 0.2) is 42.5 Å². The monoisotopic (exact) mass is 367 g/mol. The highest BCUT2D eigenvalue weighted by Crippen LogP contribution is 2.24. The number of benzene rings is 2. The van der Waals surface area contributed by atoms with Gasteiger partial charge in [0.2, 0.25) is 5.91 Å². The Morgan fingerprint density at radius 2 is 1.85 bits per heavy atom. The molecule has 0 aliphatic carbocycles. The van der Waals surface area contributed by atoms with Gasteiger partial charge in [0.25, 0.3) is 0 Å². The minimum atomic E-state index is -0.0787. The number of methoxy groups -OCH3 is 2. The van der Waals surface area contributed by atoms with Crippen molar-refractivity contribution in [2.45, 2.75) is 12.8 Å². The molecule has 3 rings (SSSR count). The van der Waals surface area contributed by atoms with Gasteiger partial charge in [-0.15, -0.1) is 5.10 Å². The van der Waals surface area contributed by atoms with Crippen LogP contribution in [-0.2, 0) is 18.3 Å². The van der Waals surface area contributed by atoms with Gasteiger partial charge in [0.1, 0.15) is 11.5 Å². The highest BCUT2D eigenvalue weighted by molar-refractivity contribution is 5.91. The zero-order valence-electron chi connectivity index (χ0n) is 15.5. The number of rotatable bonds is 7. The molecule has 0 aliphatic heterocycles. The van der Waals surface area contributed by atoms with E-state index in [-0.39, 0.29) is 5.91 Å². The minimum absolute atomic E-state index is 0.0787. The third-order valence-electron chi connectivity index (χ3n) is 4.08. The summed E-state index contributed by atoms with van der Waals surface area (Å²) in [6.07, 6.45) is 0.915. The average molecular weight is 367 g/mol. The topological polar surface area (TPSA) is 91.2 Å². The van der Waals surface area contributed by atoms with Crippen molar-refractivity contribution in [2.24, 2.45) is 7.05 Å². The minimum Gasteiger partial charge on any atom is -0.497 e. The Hall–Kier alpha value is -3.42. The van der Waals surface area contributed by atoms with Gasteiger partial charge in [-0.05, 0) is 46.7 Å². The Morgan fingerprint density at radius 1 is 1.11 bits per heavy atom. The number of ether oxygens (including phenoxy) is 2. The lowest BCUT2D eigenvalue weighted by molar-refractivity contribution is -0.116. The molecular weight excluding hydrogens is 346 g/mol. The van der Waals surface area contributed by atoms with E-state index in [0.29, 0.717) is 35.9 Å². The zero-order chi connectivity index (χ0) is 19.2. The molecule has 1 amide bonds. The summed E-state index contributed by atoms with van der Waals surface area (Å²) in [5.74, 6) is 1.96. The van der Waals surface area contributed by atoms with Crippen molar-refractivity contribution in [3.8, 4) is 22.9 Å². The molecule has 0 saturated carbocycles. The van der Waals surface area contributed by atoms with Crippen molar-refractivity contribution in [2.75, 3.05) is 19.5 Å². The summed E-state index contributed by atoms with van der Waals surface area (Å²) >= 11 is 0. The van der Waals surface area contributed by atoms with Gasteiger partial charge in [-0.25, -0.2) is 4.68 Å². The number of carbonyl (C=O) groups is 1. The highest BCUT2D eigenvalue weighted by Gasteiger charge is 2.09. The first-order valence-corrected chi connectivity index (χ1v) is 8.43. The van der Waals surface area contributed by atoms with Gasteiger partial charge >= 0.3 is 0 Å². The third-order valence-corrected chi connectivity index (χ3v) is 4.08. The predicted octanol–water partition coefficient (Wildman–Crippen LogP) is 2.47. The molecule has 8 heteroatoms. The first-order valence-electron chi connectivity index (χ1n) is 8.43. The fraction of sp³-hybridized carbons (Fsp3) is 0.263. The first kappa shape index (κ1) is 18.4. The maximum atomic E-state index is 12.3. The van der Waals surface area contributed by atoms with Crippen molar-refractivity contribution in [3.05, 3.63) is 48.0 Å². The number of aryl methyl sites for hydroxylation is 2. The molecular formula is C19H21N5O3. The molecule has 1 heterocycles. The van der Waals surface area contributed by atoms with Gasteiger partial charge in [0, 0.05) is 30.8 Å². The number of nitrogens with one attached hydrogen (secondary N) is 1. The molecule has 0 spiro atoms. The van der Waals surface area contributed by atoms with E-state index < -0.39 is 0 Å². The number of aromatic nitrogens is 4.